The molecule has 6 rings (SSSR count). The molecule has 2 amide bonds. The second-order valence-electron chi connectivity index (χ2n) is 12.4. The molecule has 0 spiro atoms. The summed E-state index contributed by atoms with van der Waals surface area (Å²) in [6.07, 6.45) is -3.03. The largest absolute Gasteiger partial charge is 0.490 e. The minimum atomic E-state index is -5.08. The molecule has 0 aliphatic carbocycles. The van der Waals surface area contributed by atoms with Crippen molar-refractivity contribution in [3.63, 3.8) is 0 Å². The lowest BCUT2D eigenvalue weighted by Crippen LogP contribution is -2.32. The maximum absolute atomic E-state index is 15.1. The number of carbonyl (C=O) groups excluding carboxylic acids is 2. The monoisotopic (exact) mass is 728 g/mol. The van der Waals surface area contributed by atoms with Crippen molar-refractivity contribution < 1.29 is 41.6 Å². The lowest BCUT2D eigenvalue weighted by atomic mass is 9.84. The molecular weight excluding hydrogens is 696 g/mol. The molecule has 18 heteroatoms. The molecule has 0 saturated carbocycles. The molecule has 4 N–H and O–H groups in total. The van der Waals surface area contributed by atoms with Crippen LogP contribution in [-0.4, -0.2) is 66.0 Å². The van der Waals surface area contributed by atoms with Gasteiger partial charge in [-0.3, -0.25) is 14.7 Å². The van der Waals surface area contributed by atoms with Crippen LogP contribution in [0.3, 0.4) is 0 Å². The smallest absolute Gasteiger partial charge is 0.475 e. The number of carboxylic acid groups (broad SMARTS) is 1. The molecular formula is C33H32F4N8O5S. The van der Waals surface area contributed by atoms with Gasteiger partial charge in [0.2, 0.25) is 11.8 Å². The van der Waals surface area contributed by atoms with Crippen LogP contribution in [0.1, 0.15) is 60.2 Å². The van der Waals surface area contributed by atoms with Crippen LogP contribution in [0, 0.1) is 11.2 Å². The molecule has 0 aliphatic rings. The highest BCUT2D eigenvalue weighted by Gasteiger charge is 2.38. The molecule has 51 heavy (non-hydrogen) atoms. The summed E-state index contributed by atoms with van der Waals surface area (Å²) in [5, 5.41) is 25.9. The average molecular weight is 729 g/mol. The summed E-state index contributed by atoms with van der Waals surface area (Å²) in [7, 11) is 1.56. The first-order valence-electron chi connectivity index (χ1n) is 15.3. The molecule has 4 aromatic heterocycles. The van der Waals surface area contributed by atoms with E-state index in [4.69, 9.17) is 19.4 Å². The molecule has 4 heterocycles. The quantitative estimate of drug-likeness (QED) is 0.129. The number of rotatable bonds is 9. The lowest BCUT2D eigenvalue weighted by molar-refractivity contribution is -0.192. The number of fused-ring (bicyclic) bond motifs is 2. The predicted octanol–water partition coefficient (Wildman–Crippen LogP) is 6.04. The van der Waals surface area contributed by atoms with Gasteiger partial charge in [-0.1, -0.05) is 32.0 Å². The summed E-state index contributed by atoms with van der Waals surface area (Å²) in [5.74, 6) is -2.38. The Bertz CT molecular complexity index is 2180. The highest BCUT2D eigenvalue weighted by molar-refractivity contribution is 7.09. The van der Waals surface area contributed by atoms with E-state index in [0.29, 0.717) is 57.0 Å². The second kappa shape index (κ2) is 14.7. The molecule has 13 nitrogen and oxygen atoms in total. The van der Waals surface area contributed by atoms with E-state index in [0.717, 1.165) is 4.88 Å². The molecule has 6 aromatic rings. The fourth-order valence-electron chi connectivity index (χ4n) is 5.24. The standard InChI is InChI=1S/C31H31FN8O3S.C2HF3O2/c1-31(2,3)25(14-27(41)34-16-28-37-26(39-43-28)13-19-6-5-9-44-19)40-24-12-17(30(42)33-4)7-8-22(24)36-29(40)18-10-21(32)20-15-35-38-23(20)11-18;3-2(4,5)1(6)7/h5-12,15,25H,13-14,16H2,1-4H3,(H,33,42)(H,34,41)(H,35,38);(H,6,7)/t25-;/m0./s1. The highest BCUT2D eigenvalue weighted by Crippen LogP contribution is 2.40. The lowest BCUT2D eigenvalue weighted by Gasteiger charge is -2.33. The Balaban J connectivity index is 0.000000654. The van der Waals surface area contributed by atoms with Crippen molar-refractivity contribution in [2.45, 2.75) is 52.4 Å². The van der Waals surface area contributed by atoms with E-state index in [-0.39, 0.29) is 24.8 Å². The summed E-state index contributed by atoms with van der Waals surface area (Å²) < 4.78 is 54.2. The van der Waals surface area contributed by atoms with Crippen molar-refractivity contribution in [3.05, 3.63) is 82.0 Å². The van der Waals surface area contributed by atoms with E-state index in [1.165, 1.54) is 12.3 Å². The summed E-state index contributed by atoms with van der Waals surface area (Å²) in [6.45, 7) is 6.15. The van der Waals surface area contributed by atoms with Crippen LogP contribution in [0.2, 0.25) is 0 Å². The molecule has 0 aliphatic heterocycles. The van der Waals surface area contributed by atoms with Gasteiger partial charge in [0.15, 0.2) is 5.82 Å². The minimum absolute atomic E-state index is 0.0666. The van der Waals surface area contributed by atoms with Crippen LogP contribution in [0.25, 0.3) is 33.3 Å². The normalized spacial score (nSPS) is 12.4. The molecule has 0 unspecified atom stereocenters. The van der Waals surface area contributed by atoms with E-state index in [2.05, 4.69) is 31.0 Å². The number of aromatic amines is 1. The van der Waals surface area contributed by atoms with Gasteiger partial charge in [0.1, 0.15) is 11.6 Å². The van der Waals surface area contributed by atoms with Crippen molar-refractivity contribution >= 4 is 51.1 Å². The number of nitrogens with one attached hydrogen (secondary N) is 3. The third-order valence-corrected chi connectivity index (χ3v) is 8.61. The molecule has 0 radical (unpaired) electrons. The zero-order valence-electron chi connectivity index (χ0n) is 27.6. The Morgan fingerprint density at radius 1 is 1.10 bits per heavy atom. The van der Waals surface area contributed by atoms with Crippen LogP contribution >= 0.6 is 11.3 Å². The zero-order chi connectivity index (χ0) is 37.1. The van der Waals surface area contributed by atoms with Gasteiger partial charge >= 0.3 is 12.1 Å². The molecule has 0 saturated heterocycles. The average Bonchev–Trinajstić information content (AvgIpc) is 3.89. The molecule has 0 fully saturated rings. The van der Waals surface area contributed by atoms with Crippen LogP contribution in [0.15, 0.2) is 58.6 Å². The molecule has 268 valence electrons. The van der Waals surface area contributed by atoms with E-state index >= 15 is 4.39 Å². The van der Waals surface area contributed by atoms with Gasteiger partial charge in [-0.05, 0) is 47.2 Å². The maximum atomic E-state index is 15.1. The SMILES string of the molecule is CNC(=O)c1ccc2nc(-c3cc(F)c4cn[nH]c4c3)n([C@@H](CC(=O)NCc3nc(Cc4cccs4)no3)C(C)(C)C)c2c1.O=C(O)C(F)(F)F. The van der Waals surface area contributed by atoms with E-state index in [1.807, 2.05) is 42.9 Å². The van der Waals surface area contributed by atoms with Gasteiger partial charge < -0.3 is 24.8 Å². The minimum Gasteiger partial charge on any atom is -0.475 e. The number of aromatic nitrogens is 6. The Labute approximate surface area is 291 Å². The van der Waals surface area contributed by atoms with Gasteiger partial charge in [0, 0.05) is 41.9 Å². The van der Waals surface area contributed by atoms with Crippen LogP contribution in [0.5, 0.6) is 0 Å². The van der Waals surface area contributed by atoms with Gasteiger partial charge in [0.25, 0.3) is 5.91 Å². The highest BCUT2D eigenvalue weighted by atomic mass is 32.1. The zero-order valence-corrected chi connectivity index (χ0v) is 28.4. The predicted molar refractivity (Wildman–Crippen MR) is 178 cm³/mol. The van der Waals surface area contributed by atoms with Crippen LogP contribution < -0.4 is 10.6 Å². The van der Waals surface area contributed by atoms with E-state index < -0.39 is 29.4 Å². The number of amides is 2. The Morgan fingerprint density at radius 3 is 2.49 bits per heavy atom. The van der Waals surface area contributed by atoms with Gasteiger partial charge in [-0.25, -0.2) is 14.2 Å². The second-order valence-corrected chi connectivity index (χ2v) is 13.4. The number of imidazole rings is 1. The van der Waals surface area contributed by atoms with Crippen molar-refractivity contribution in [2.24, 2.45) is 5.41 Å². The number of thiophene rings is 1. The maximum Gasteiger partial charge on any atom is 0.490 e. The summed E-state index contributed by atoms with van der Waals surface area (Å²) in [6, 6.07) is 11.9. The Hall–Kier alpha value is -5.65. The van der Waals surface area contributed by atoms with E-state index in [1.54, 1.807) is 42.6 Å². The number of carbonyl (C=O) groups is 3. The van der Waals surface area contributed by atoms with Gasteiger partial charge in [0.05, 0.1) is 34.7 Å². The Kier molecular flexibility index (Phi) is 10.5. The van der Waals surface area contributed by atoms with Crippen molar-refractivity contribution in [1.82, 2.24) is 40.5 Å². The number of hydrogen-bond donors (Lipinski definition) is 4. The summed E-state index contributed by atoms with van der Waals surface area (Å²) >= 11 is 1.61. The third kappa shape index (κ3) is 8.57. The van der Waals surface area contributed by atoms with Gasteiger partial charge in [-0.15, -0.1) is 11.3 Å². The topological polar surface area (TPSA) is 181 Å². The number of benzene rings is 2. The summed E-state index contributed by atoms with van der Waals surface area (Å²) in [5.41, 5.74) is 2.27. The molecule has 0 bridgehead atoms. The first kappa shape index (κ1) is 36.6. The fourth-order valence-corrected chi connectivity index (χ4v) is 5.95. The molecule has 1 atom stereocenters. The van der Waals surface area contributed by atoms with Crippen molar-refractivity contribution in [1.29, 1.82) is 0 Å². The molecule has 2 aromatic carbocycles. The number of hydrogen-bond acceptors (Lipinski definition) is 9. The van der Waals surface area contributed by atoms with Crippen molar-refractivity contribution in [2.75, 3.05) is 7.05 Å². The number of H-pyrrole nitrogens is 1. The van der Waals surface area contributed by atoms with E-state index in [9.17, 15) is 22.8 Å². The first-order chi connectivity index (χ1) is 24.0. The van der Waals surface area contributed by atoms with Crippen LogP contribution in [0.4, 0.5) is 17.6 Å². The third-order valence-electron chi connectivity index (χ3n) is 7.74. The fraction of sp³-hybridized carbons (Fsp3) is 0.303. The number of aliphatic carboxylic acids is 1. The number of alkyl halides is 3. The first-order valence-corrected chi connectivity index (χ1v) is 16.2. The Morgan fingerprint density at radius 2 is 1.84 bits per heavy atom. The summed E-state index contributed by atoms with van der Waals surface area (Å²) in [4.78, 5) is 45.3. The van der Waals surface area contributed by atoms with Crippen molar-refractivity contribution in [3.8, 4) is 11.4 Å². The van der Waals surface area contributed by atoms with Gasteiger partial charge in [-0.2, -0.15) is 23.3 Å². The number of carboxylic acids is 1. The van der Waals surface area contributed by atoms with Crippen LogP contribution in [-0.2, 0) is 22.6 Å². The number of nitrogens with zero attached hydrogens (tertiary/aromatic N) is 5. The number of halogens is 4.